The molecule has 38 heavy (non-hydrogen) atoms. The van der Waals surface area contributed by atoms with Crippen molar-refractivity contribution in [2.45, 2.75) is 25.0 Å². The molecule has 2 N–H and O–H groups in total. The van der Waals surface area contributed by atoms with Gasteiger partial charge in [-0.25, -0.2) is 0 Å². The number of ether oxygens (including phenoxy) is 3. The smallest absolute Gasteiger partial charge is 0.261 e. The van der Waals surface area contributed by atoms with Gasteiger partial charge in [0.05, 0.1) is 31.7 Å². The summed E-state index contributed by atoms with van der Waals surface area (Å²) < 4.78 is 16.5. The van der Waals surface area contributed by atoms with Crippen molar-refractivity contribution in [3.05, 3.63) is 76.5 Å². The fourth-order valence-corrected chi connectivity index (χ4v) is 4.96. The first-order valence-electron chi connectivity index (χ1n) is 12.3. The van der Waals surface area contributed by atoms with E-state index in [0.717, 1.165) is 12.8 Å². The van der Waals surface area contributed by atoms with Crippen molar-refractivity contribution in [3.63, 3.8) is 0 Å². The number of hydrogen-bond donors (Lipinski definition) is 2. The molecule has 2 aromatic carbocycles. The van der Waals surface area contributed by atoms with E-state index in [4.69, 9.17) is 14.2 Å². The molecule has 2 heterocycles. The molecule has 3 amide bonds. The van der Waals surface area contributed by atoms with Gasteiger partial charge < -0.3 is 24.8 Å². The lowest BCUT2D eigenvalue weighted by molar-refractivity contribution is -0.126. The standard InChI is InChI=1S/C28H31N3O6S/c1-35-22-13-12-19(16-23(22)36-2)26(28(34)29-17-21-10-6-14-37-21)31(20-8-4-3-5-9-20)25(32)18-30-27(33)24-11-7-15-38-24/h3-5,7-9,11-13,15-16,21,26H,6,10,14,17-18H2,1-2H3,(H,29,34)(H,30,33)/t21-,26-/m1/s1. The number of rotatable bonds is 11. The first-order valence-corrected chi connectivity index (χ1v) is 13.2. The second-order valence-electron chi connectivity index (χ2n) is 8.66. The Morgan fingerprint density at radius 1 is 1.03 bits per heavy atom. The SMILES string of the molecule is COc1ccc([C@H](C(=O)NC[C@H]2CCCO2)N(C(=O)CNC(=O)c2cccs2)c2ccccc2)cc1OC. The minimum Gasteiger partial charge on any atom is -0.493 e. The Bertz CT molecular complexity index is 1230. The van der Waals surface area contributed by atoms with Gasteiger partial charge in [0.2, 0.25) is 11.8 Å². The average Bonchev–Trinajstić information content (AvgIpc) is 3.68. The molecule has 10 heteroatoms. The lowest BCUT2D eigenvalue weighted by Gasteiger charge is -2.32. The Balaban J connectivity index is 1.68. The molecule has 1 aliphatic heterocycles. The molecule has 4 rings (SSSR count). The third-order valence-electron chi connectivity index (χ3n) is 6.21. The third-order valence-corrected chi connectivity index (χ3v) is 7.07. The highest BCUT2D eigenvalue weighted by Crippen LogP contribution is 2.34. The molecule has 1 saturated heterocycles. The van der Waals surface area contributed by atoms with Gasteiger partial charge in [-0.15, -0.1) is 11.3 Å². The second kappa shape index (κ2) is 13.1. The van der Waals surface area contributed by atoms with Gasteiger partial charge in [-0.2, -0.15) is 0 Å². The van der Waals surface area contributed by atoms with E-state index in [1.165, 1.54) is 30.5 Å². The maximum absolute atomic E-state index is 13.8. The average molecular weight is 538 g/mol. The summed E-state index contributed by atoms with van der Waals surface area (Å²) in [5.74, 6) is -0.265. The van der Waals surface area contributed by atoms with Gasteiger partial charge in [-0.3, -0.25) is 19.3 Å². The molecule has 2 atom stereocenters. The van der Waals surface area contributed by atoms with E-state index in [1.54, 1.807) is 60.0 Å². The highest BCUT2D eigenvalue weighted by molar-refractivity contribution is 7.12. The van der Waals surface area contributed by atoms with E-state index >= 15 is 0 Å². The number of hydrogen-bond acceptors (Lipinski definition) is 7. The van der Waals surface area contributed by atoms with Crippen LogP contribution in [0.4, 0.5) is 5.69 Å². The number of carbonyl (C=O) groups is 3. The van der Waals surface area contributed by atoms with Crippen molar-refractivity contribution in [1.82, 2.24) is 10.6 Å². The van der Waals surface area contributed by atoms with Gasteiger partial charge in [-0.05, 0) is 54.1 Å². The number of carbonyl (C=O) groups excluding carboxylic acids is 3. The highest BCUT2D eigenvalue weighted by atomic mass is 32.1. The molecule has 0 bridgehead atoms. The maximum atomic E-state index is 13.8. The number of anilines is 1. The summed E-state index contributed by atoms with van der Waals surface area (Å²) in [7, 11) is 3.04. The van der Waals surface area contributed by atoms with Gasteiger partial charge in [-0.1, -0.05) is 30.3 Å². The minimum atomic E-state index is -1.05. The van der Waals surface area contributed by atoms with Gasteiger partial charge in [0, 0.05) is 18.8 Å². The molecule has 0 unspecified atom stereocenters. The van der Waals surface area contributed by atoms with Gasteiger partial charge in [0.1, 0.15) is 6.04 Å². The van der Waals surface area contributed by atoms with Crippen LogP contribution >= 0.6 is 11.3 Å². The van der Waals surface area contributed by atoms with Crippen LogP contribution in [0, 0.1) is 0 Å². The first-order chi connectivity index (χ1) is 18.5. The highest BCUT2D eigenvalue weighted by Gasteiger charge is 2.34. The number of nitrogens with one attached hydrogen (secondary N) is 2. The number of nitrogens with zero attached hydrogens (tertiary/aromatic N) is 1. The van der Waals surface area contributed by atoms with Crippen LogP contribution in [0.2, 0.25) is 0 Å². The van der Waals surface area contributed by atoms with Gasteiger partial charge in [0.25, 0.3) is 5.91 Å². The lowest BCUT2D eigenvalue weighted by Crippen LogP contribution is -2.48. The Hall–Kier alpha value is -3.89. The van der Waals surface area contributed by atoms with Crippen molar-refractivity contribution in [3.8, 4) is 11.5 Å². The predicted molar refractivity (Wildman–Crippen MR) is 145 cm³/mol. The molecule has 1 aliphatic rings. The van der Waals surface area contributed by atoms with Crippen LogP contribution < -0.4 is 25.0 Å². The molecule has 0 radical (unpaired) electrons. The zero-order valence-corrected chi connectivity index (χ0v) is 22.2. The lowest BCUT2D eigenvalue weighted by atomic mass is 10.0. The van der Waals surface area contributed by atoms with Crippen LogP contribution in [0.1, 0.15) is 34.1 Å². The predicted octanol–water partition coefficient (Wildman–Crippen LogP) is 3.56. The summed E-state index contributed by atoms with van der Waals surface area (Å²) >= 11 is 1.28. The Morgan fingerprint density at radius 2 is 1.82 bits per heavy atom. The quantitative estimate of drug-likeness (QED) is 0.388. The molecule has 0 spiro atoms. The molecule has 1 fully saturated rings. The van der Waals surface area contributed by atoms with Crippen LogP contribution in [0.5, 0.6) is 11.5 Å². The molecule has 200 valence electrons. The second-order valence-corrected chi connectivity index (χ2v) is 9.60. The Labute approximate surface area is 225 Å². The van der Waals surface area contributed by atoms with E-state index in [-0.39, 0.29) is 24.5 Å². The molecule has 0 saturated carbocycles. The van der Waals surface area contributed by atoms with E-state index in [2.05, 4.69) is 10.6 Å². The monoisotopic (exact) mass is 537 g/mol. The van der Waals surface area contributed by atoms with Crippen molar-refractivity contribution < 1.29 is 28.6 Å². The normalized spacial score (nSPS) is 15.4. The van der Waals surface area contributed by atoms with Crippen LogP contribution in [-0.2, 0) is 14.3 Å². The van der Waals surface area contributed by atoms with Crippen molar-refractivity contribution in [1.29, 1.82) is 0 Å². The molecular weight excluding hydrogens is 506 g/mol. The van der Waals surface area contributed by atoms with Gasteiger partial charge in [0.15, 0.2) is 11.5 Å². The summed E-state index contributed by atoms with van der Waals surface area (Å²) in [5, 5.41) is 7.44. The summed E-state index contributed by atoms with van der Waals surface area (Å²) in [5.41, 5.74) is 1.03. The van der Waals surface area contributed by atoms with Crippen molar-refractivity contribution >= 4 is 34.7 Å². The summed E-state index contributed by atoms with van der Waals surface area (Å²) in [4.78, 5) is 42.0. The third kappa shape index (κ3) is 6.51. The van der Waals surface area contributed by atoms with E-state index in [1.807, 2.05) is 6.07 Å². The summed E-state index contributed by atoms with van der Waals surface area (Å²) in [6.07, 6.45) is 1.73. The van der Waals surface area contributed by atoms with Crippen molar-refractivity contribution in [2.24, 2.45) is 0 Å². The van der Waals surface area contributed by atoms with Crippen LogP contribution in [-0.4, -0.2) is 57.7 Å². The Kier molecular flexibility index (Phi) is 9.34. The van der Waals surface area contributed by atoms with Crippen LogP contribution in [0.15, 0.2) is 66.0 Å². The molecule has 0 aliphatic carbocycles. The molecular formula is C28H31N3O6S. The number of methoxy groups -OCH3 is 2. The zero-order valence-electron chi connectivity index (χ0n) is 21.3. The van der Waals surface area contributed by atoms with Crippen LogP contribution in [0.3, 0.4) is 0 Å². The van der Waals surface area contributed by atoms with E-state index in [0.29, 0.717) is 40.8 Å². The summed E-state index contributed by atoms with van der Waals surface area (Å²) in [6, 6.07) is 16.4. The Morgan fingerprint density at radius 3 is 2.47 bits per heavy atom. The fourth-order valence-electron chi connectivity index (χ4n) is 4.32. The van der Waals surface area contributed by atoms with E-state index < -0.39 is 11.9 Å². The maximum Gasteiger partial charge on any atom is 0.261 e. The van der Waals surface area contributed by atoms with Gasteiger partial charge >= 0.3 is 0 Å². The molecule has 9 nitrogen and oxygen atoms in total. The number of benzene rings is 2. The number of para-hydroxylation sites is 1. The van der Waals surface area contributed by atoms with Crippen molar-refractivity contribution in [2.75, 3.05) is 38.8 Å². The number of thiophene rings is 1. The minimum absolute atomic E-state index is 0.0732. The van der Waals surface area contributed by atoms with Crippen LogP contribution in [0.25, 0.3) is 0 Å². The first kappa shape index (κ1) is 27.2. The summed E-state index contributed by atoms with van der Waals surface area (Å²) in [6.45, 7) is 0.696. The largest absolute Gasteiger partial charge is 0.493 e. The number of amides is 3. The molecule has 3 aromatic rings. The fraction of sp³-hybridized carbons (Fsp3) is 0.321. The zero-order chi connectivity index (χ0) is 26.9. The topological polar surface area (TPSA) is 106 Å². The molecule has 1 aromatic heterocycles. The van der Waals surface area contributed by atoms with E-state index in [9.17, 15) is 14.4 Å².